The molecule has 154 valence electrons. The van der Waals surface area contributed by atoms with E-state index >= 15 is 0 Å². The zero-order chi connectivity index (χ0) is 19.8. The molecule has 2 N–H and O–H groups in total. The van der Waals surface area contributed by atoms with Gasteiger partial charge in [0.05, 0.1) is 13.2 Å². The Balaban J connectivity index is 1.32. The molecule has 0 aromatic carbocycles. The van der Waals surface area contributed by atoms with Crippen LogP contribution in [-0.4, -0.2) is 61.6 Å². The van der Waals surface area contributed by atoms with Crippen LogP contribution in [0.15, 0.2) is 23.8 Å². The smallest absolute Gasteiger partial charge is 0.315 e. The third-order valence-electron chi connectivity index (χ3n) is 5.87. The molecule has 1 saturated carbocycles. The molecule has 0 aromatic rings. The molecular weight excluding hydrogens is 354 g/mol. The number of carbonyl (C=O) groups excluding carboxylic acids is 1. The second-order valence-electron chi connectivity index (χ2n) is 8.09. The van der Waals surface area contributed by atoms with Crippen LogP contribution in [0.4, 0.5) is 4.79 Å². The zero-order valence-corrected chi connectivity index (χ0v) is 16.9. The number of urea groups is 1. The van der Waals surface area contributed by atoms with Gasteiger partial charge in [0.1, 0.15) is 0 Å². The molecule has 1 aliphatic carbocycles. The normalized spacial score (nSPS) is 24.5. The number of hydrogen-bond donors (Lipinski definition) is 2. The van der Waals surface area contributed by atoms with E-state index in [0.29, 0.717) is 13.2 Å². The van der Waals surface area contributed by atoms with E-state index in [1.54, 1.807) is 6.08 Å². The Hall–Kier alpha value is -1.81. The van der Waals surface area contributed by atoms with Crippen molar-refractivity contribution in [3.05, 3.63) is 23.8 Å². The highest BCUT2D eigenvalue weighted by Gasteiger charge is 2.40. The third kappa shape index (κ3) is 6.10. The minimum absolute atomic E-state index is 0.0387. The van der Waals surface area contributed by atoms with Gasteiger partial charge in [-0.2, -0.15) is 0 Å². The molecule has 0 aromatic heterocycles. The quantitative estimate of drug-likeness (QED) is 0.562. The molecule has 0 atom stereocenters. The van der Waals surface area contributed by atoms with Gasteiger partial charge < -0.3 is 20.1 Å². The van der Waals surface area contributed by atoms with Crippen molar-refractivity contribution in [1.82, 2.24) is 15.5 Å². The molecule has 2 aliphatic heterocycles. The van der Waals surface area contributed by atoms with Gasteiger partial charge in [-0.25, -0.2) is 4.79 Å². The average molecular weight is 388 g/mol. The largest absolute Gasteiger partial charge is 0.348 e. The summed E-state index contributed by atoms with van der Waals surface area (Å²) >= 11 is 0. The highest BCUT2D eigenvalue weighted by Crippen LogP contribution is 2.35. The molecule has 2 saturated heterocycles. The van der Waals surface area contributed by atoms with Crippen LogP contribution >= 0.6 is 0 Å². The van der Waals surface area contributed by atoms with Gasteiger partial charge in [0.25, 0.3) is 0 Å². The highest BCUT2D eigenvalue weighted by molar-refractivity contribution is 5.74. The van der Waals surface area contributed by atoms with E-state index in [-0.39, 0.29) is 23.9 Å². The van der Waals surface area contributed by atoms with E-state index in [1.807, 2.05) is 6.08 Å². The van der Waals surface area contributed by atoms with Gasteiger partial charge in [0.15, 0.2) is 5.79 Å². The minimum atomic E-state index is -0.370. The van der Waals surface area contributed by atoms with Gasteiger partial charge in [0.2, 0.25) is 0 Å². The highest BCUT2D eigenvalue weighted by atomic mass is 16.7. The first-order chi connectivity index (χ1) is 13.6. The predicted molar refractivity (Wildman–Crippen MR) is 110 cm³/mol. The number of allylic oxidation sites excluding steroid dienone is 3. The van der Waals surface area contributed by atoms with Crippen molar-refractivity contribution in [2.24, 2.45) is 0 Å². The fourth-order valence-corrected chi connectivity index (χ4v) is 4.31. The monoisotopic (exact) mass is 387 g/mol. The van der Waals surface area contributed by atoms with Crippen LogP contribution in [0.1, 0.15) is 45.4 Å². The second-order valence-corrected chi connectivity index (χ2v) is 8.09. The van der Waals surface area contributed by atoms with Crippen molar-refractivity contribution in [1.29, 1.82) is 0 Å². The maximum Gasteiger partial charge on any atom is 0.315 e. The SMILES string of the molecule is C#C/C=C\C=C(/C)CN1CCC(NC(=O)NC2CCC3(CC2)OCCO3)CC1. The Labute approximate surface area is 168 Å². The summed E-state index contributed by atoms with van der Waals surface area (Å²) in [6.07, 6.45) is 16.4. The number of hydrogen-bond acceptors (Lipinski definition) is 4. The van der Waals surface area contributed by atoms with Crippen LogP contribution in [-0.2, 0) is 9.47 Å². The van der Waals surface area contributed by atoms with Crippen molar-refractivity contribution in [3.63, 3.8) is 0 Å². The summed E-state index contributed by atoms with van der Waals surface area (Å²) in [7, 11) is 0. The first kappa shape index (κ1) is 20.9. The topological polar surface area (TPSA) is 62.8 Å². The van der Waals surface area contributed by atoms with Crippen LogP contribution in [0.25, 0.3) is 0 Å². The summed E-state index contributed by atoms with van der Waals surface area (Å²) in [5.74, 6) is 2.12. The van der Waals surface area contributed by atoms with Crippen LogP contribution in [0.2, 0.25) is 0 Å². The van der Waals surface area contributed by atoms with Gasteiger partial charge in [-0.1, -0.05) is 23.6 Å². The third-order valence-corrected chi connectivity index (χ3v) is 5.87. The van der Waals surface area contributed by atoms with Gasteiger partial charge in [-0.3, -0.25) is 4.90 Å². The van der Waals surface area contributed by atoms with E-state index in [0.717, 1.165) is 58.2 Å². The molecule has 6 heteroatoms. The molecule has 2 heterocycles. The number of terminal acetylenes is 1. The number of carbonyl (C=O) groups is 1. The lowest BCUT2D eigenvalue weighted by molar-refractivity contribution is -0.179. The molecular formula is C22H33N3O3. The van der Waals surface area contributed by atoms with E-state index in [9.17, 15) is 4.79 Å². The maximum atomic E-state index is 12.4. The molecule has 0 radical (unpaired) electrons. The van der Waals surface area contributed by atoms with Crippen molar-refractivity contribution in [3.8, 4) is 12.3 Å². The Bertz CT molecular complexity index is 613. The van der Waals surface area contributed by atoms with E-state index in [2.05, 4.69) is 34.5 Å². The van der Waals surface area contributed by atoms with Crippen molar-refractivity contribution in [2.45, 2.75) is 63.3 Å². The fraction of sp³-hybridized carbons (Fsp3) is 0.682. The summed E-state index contributed by atoms with van der Waals surface area (Å²) in [4.78, 5) is 14.8. The molecule has 2 amide bonds. The molecule has 28 heavy (non-hydrogen) atoms. The second kappa shape index (κ2) is 10.1. The predicted octanol–water partition coefficient (Wildman–Crippen LogP) is 2.57. The fourth-order valence-electron chi connectivity index (χ4n) is 4.31. The minimum Gasteiger partial charge on any atom is -0.348 e. The molecule has 3 fully saturated rings. The van der Waals surface area contributed by atoms with Crippen LogP contribution in [0.3, 0.4) is 0 Å². The van der Waals surface area contributed by atoms with Crippen molar-refractivity contribution < 1.29 is 14.3 Å². The van der Waals surface area contributed by atoms with Gasteiger partial charge in [0, 0.05) is 44.6 Å². The Morgan fingerprint density at radius 1 is 1.14 bits per heavy atom. The Morgan fingerprint density at radius 3 is 2.36 bits per heavy atom. The van der Waals surface area contributed by atoms with Crippen molar-refractivity contribution >= 4 is 6.03 Å². The van der Waals surface area contributed by atoms with E-state index < -0.39 is 0 Å². The number of likely N-dealkylation sites (tertiary alicyclic amines) is 1. The molecule has 3 aliphatic rings. The Morgan fingerprint density at radius 2 is 1.75 bits per heavy atom. The molecule has 3 rings (SSSR count). The van der Waals surface area contributed by atoms with E-state index in [1.165, 1.54) is 5.57 Å². The number of nitrogens with zero attached hydrogens (tertiary/aromatic N) is 1. The number of ether oxygens (including phenoxy) is 2. The summed E-state index contributed by atoms with van der Waals surface area (Å²) in [5.41, 5.74) is 1.29. The van der Waals surface area contributed by atoms with Crippen LogP contribution in [0, 0.1) is 12.3 Å². The summed E-state index contributed by atoms with van der Waals surface area (Å²) in [6.45, 7) is 6.43. The summed E-state index contributed by atoms with van der Waals surface area (Å²) in [6, 6.07) is 0.420. The number of rotatable bonds is 5. The summed E-state index contributed by atoms with van der Waals surface area (Å²) in [5, 5.41) is 6.29. The molecule has 0 unspecified atom stereocenters. The molecule has 6 nitrogen and oxygen atoms in total. The Kier molecular flexibility index (Phi) is 7.55. The van der Waals surface area contributed by atoms with Crippen molar-refractivity contribution in [2.75, 3.05) is 32.8 Å². The lowest BCUT2D eigenvalue weighted by atomic mass is 9.90. The molecule has 1 spiro atoms. The van der Waals surface area contributed by atoms with E-state index in [4.69, 9.17) is 15.9 Å². The van der Waals surface area contributed by atoms with Crippen LogP contribution < -0.4 is 10.6 Å². The maximum absolute atomic E-state index is 12.4. The number of nitrogens with one attached hydrogen (secondary N) is 2. The van der Waals surface area contributed by atoms with Gasteiger partial charge >= 0.3 is 6.03 Å². The number of amides is 2. The first-order valence-electron chi connectivity index (χ1n) is 10.4. The first-order valence-corrected chi connectivity index (χ1v) is 10.4. The van der Waals surface area contributed by atoms with Gasteiger partial charge in [-0.05, 0) is 38.7 Å². The lowest BCUT2D eigenvalue weighted by Gasteiger charge is -2.36. The zero-order valence-electron chi connectivity index (χ0n) is 16.9. The standard InChI is InChI=1S/C22H33N3O3/c1-3-4-5-6-18(2)17-25-13-9-20(10-14-25)24-21(26)23-19-7-11-22(12-8-19)27-15-16-28-22/h1,4-6,19-20H,7-17H2,2H3,(H2,23,24,26)/b5-4-,18-6+. The van der Waals surface area contributed by atoms with Crippen LogP contribution in [0.5, 0.6) is 0 Å². The van der Waals surface area contributed by atoms with Gasteiger partial charge in [-0.15, -0.1) is 6.42 Å². The molecule has 0 bridgehead atoms. The lowest BCUT2D eigenvalue weighted by Crippen LogP contribution is -2.51. The average Bonchev–Trinajstić information content (AvgIpc) is 3.14. The number of piperidine rings is 1. The summed E-state index contributed by atoms with van der Waals surface area (Å²) < 4.78 is 11.5.